The Hall–Kier alpha value is -1.04. The van der Waals surface area contributed by atoms with E-state index in [1.54, 1.807) is 0 Å². The van der Waals surface area contributed by atoms with Gasteiger partial charge in [-0.2, -0.15) is 0 Å². The molecule has 2 rings (SSSR count). The Kier molecular flexibility index (Phi) is 2.22. The highest BCUT2D eigenvalue weighted by atomic mass is 19.3. The van der Waals surface area contributed by atoms with E-state index < -0.39 is 30.2 Å². The smallest absolute Gasteiger partial charge is 0.318 e. The van der Waals surface area contributed by atoms with Crippen molar-refractivity contribution in [1.29, 1.82) is 0 Å². The SMILES string of the molecule is O=C1OC(=O)[C@@H]2CN(CC(F)F)C[C@H]12. The molecule has 0 aromatic heterocycles. The van der Waals surface area contributed by atoms with E-state index in [0.29, 0.717) is 0 Å². The number of esters is 2. The first-order valence-corrected chi connectivity index (χ1v) is 4.34. The van der Waals surface area contributed by atoms with E-state index >= 15 is 0 Å². The number of fused-ring (bicyclic) bond motifs is 1. The number of hydrogen-bond acceptors (Lipinski definition) is 4. The van der Waals surface area contributed by atoms with E-state index in [0.717, 1.165) is 0 Å². The third-order valence-corrected chi connectivity index (χ3v) is 2.60. The van der Waals surface area contributed by atoms with Gasteiger partial charge in [-0.3, -0.25) is 14.5 Å². The third-order valence-electron chi connectivity index (χ3n) is 2.60. The molecule has 2 fully saturated rings. The van der Waals surface area contributed by atoms with Gasteiger partial charge >= 0.3 is 11.9 Å². The van der Waals surface area contributed by atoms with E-state index in [-0.39, 0.29) is 19.6 Å². The second kappa shape index (κ2) is 3.27. The highest BCUT2D eigenvalue weighted by Gasteiger charge is 2.50. The van der Waals surface area contributed by atoms with Crippen LogP contribution in [0, 0.1) is 11.8 Å². The van der Waals surface area contributed by atoms with Crippen LogP contribution < -0.4 is 0 Å². The van der Waals surface area contributed by atoms with Crippen LogP contribution in [0.3, 0.4) is 0 Å². The van der Waals surface area contributed by atoms with Crippen molar-refractivity contribution >= 4 is 11.9 Å². The molecule has 0 aromatic carbocycles. The molecule has 0 aliphatic carbocycles. The summed E-state index contributed by atoms with van der Waals surface area (Å²) in [5.41, 5.74) is 0. The molecule has 2 aliphatic heterocycles. The maximum absolute atomic E-state index is 12.0. The van der Waals surface area contributed by atoms with E-state index in [1.807, 2.05) is 0 Å². The molecule has 4 nitrogen and oxygen atoms in total. The van der Waals surface area contributed by atoms with Crippen molar-refractivity contribution in [3.8, 4) is 0 Å². The summed E-state index contributed by atoms with van der Waals surface area (Å²) in [6.45, 7) is 0.0344. The van der Waals surface area contributed by atoms with Gasteiger partial charge in [0.15, 0.2) is 0 Å². The molecule has 0 amide bonds. The van der Waals surface area contributed by atoms with Gasteiger partial charge in [-0.05, 0) is 0 Å². The lowest BCUT2D eigenvalue weighted by Crippen LogP contribution is -2.29. The standard InChI is InChI=1S/C8H9F2NO3/c9-6(10)3-11-1-4-5(2-11)8(13)14-7(4)12/h4-6H,1-3H2/t4-,5+. The largest absolute Gasteiger partial charge is 0.393 e. The van der Waals surface area contributed by atoms with Gasteiger partial charge in [0.05, 0.1) is 18.4 Å². The zero-order valence-corrected chi connectivity index (χ0v) is 7.28. The number of nitrogens with zero attached hydrogens (tertiary/aromatic N) is 1. The highest BCUT2D eigenvalue weighted by molar-refractivity contribution is 5.97. The molecule has 0 spiro atoms. The van der Waals surface area contributed by atoms with Crippen LogP contribution in [-0.2, 0) is 14.3 Å². The summed E-state index contributed by atoms with van der Waals surface area (Å²) >= 11 is 0. The molecule has 0 aromatic rings. The molecular weight excluding hydrogens is 196 g/mol. The van der Waals surface area contributed by atoms with Gasteiger partial charge in [-0.1, -0.05) is 0 Å². The van der Waals surface area contributed by atoms with Crippen molar-refractivity contribution < 1.29 is 23.1 Å². The molecule has 0 bridgehead atoms. The molecule has 6 heteroatoms. The lowest BCUT2D eigenvalue weighted by Gasteiger charge is -2.14. The average Bonchev–Trinajstić information content (AvgIpc) is 2.55. The van der Waals surface area contributed by atoms with Crippen molar-refractivity contribution in [2.75, 3.05) is 19.6 Å². The number of cyclic esters (lactones) is 2. The monoisotopic (exact) mass is 205 g/mol. The minimum Gasteiger partial charge on any atom is -0.393 e. The normalized spacial score (nSPS) is 32.5. The molecule has 0 radical (unpaired) electrons. The fourth-order valence-corrected chi connectivity index (χ4v) is 1.96. The van der Waals surface area contributed by atoms with Crippen molar-refractivity contribution in [3.63, 3.8) is 0 Å². The summed E-state index contributed by atoms with van der Waals surface area (Å²) < 4.78 is 28.4. The van der Waals surface area contributed by atoms with Gasteiger partial charge in [-0.25, -0.2) is 8.78 Å². The third kappa shape index (κ3) is 1.50. The Morgan fingerprint density at radius 2 is 1.79 bits per heavy atom. The maximum Gasteiger partial charge on any atom is 0.318 e. The van der Waals surface area contributed by atoms with Crippen LogP contribution in [0.5, 0.6) is 0 Å². The number of hydrogen-bond donors (Lipinski definition) is 0. The van der Waals surface area contributed by atoms with Crippen LogP contribution >= 0.6 is 0 Å². The molecular formula is C8H9F2NO3. The zero-order valence-electron chi connectivity index (χ0n) is 7.28. The van der Waals surface area contributed by atoms with Crippen molar-refractivity contribution in [2.45, 2.75) is 6.43 Å². The van der Waals surface area contributed by atoms with Gasteiger partial charge in [0.1, 0.15) is 0 Å². The van der Waals surface area contributed by atoms with Gasteiger partial charge in [0.25, 0.3) is 6.43 Å². The minimum atomic E-state index is -2.43. The highest BCUT2D eigenvalue weighted by Crippen LogP contribution is 2.31. The van der Waals surface area contributed by atoms with Crippen LogP contribution in [0.2, 0.25) is 0 Å². The minimum absolute atomic E-state index is 0.208. The first kappa shape index (κ1) is 9.51. The number of carbonyl (C=O) groups excluding carboxylic acids is 2. The van der Waals surface area contributed by atoms with E-state index in [2.05, 4.69) is 4.74 Å². The number of alkyl halides is 2. The molecule has 2 aliphatic rings. The van der Waals surface area contributed by atoms with Crippen LogP contribution in [-0.4, -0.2) is 42.9 Å². The van der Waals surface area contributed by atoms with E-state index in [4.69, 9.17) is 0 Å². The molecule has 78 valence electrons. The van der Waals surface area contributed by atoms with Gasteiger partial charge in [0.2, 0.25) is 0 Å². The molecule has 14 heavy (non-hydrogen) atoms. The predicted octanol–water partition coefficient (Wildman–Crippen LogP) is -0.117. The van der Waals surface area contributed by atoms with Crippen LogP contribution in [0.4, 0.5) is 8.78 Å². The molecule has 0 unspecified atom stereocenters. The maximum atomic E-state index is 12.0. The Morgan fingerprint density at radius 3 is 2.21 bits per heavy atom. The summed E-state index contributed by atoms with van der Waals surface area (Å²) in [5, 5.41) is 0. The number of carbonyl (C=O) groups is 2. The number of ether oxygens (including phenoxy) is 1. The molecule has 2 atom stereocenters. The van der Waals surface area contributed by atoms with Crippen LogP contribution in [0.1, 0.15) is 0 Å². The first-order valence-electron chi connectivity index (χ1n) is 4.34. The van der Waals surface area contributed by atoms with Crippen molar-refractivity contribution in [1.82, 2.24) is 4.90 Å². The Morgan fingerprint density at radius 1 is 1.29 bits per heavy atom. The average molecular weight is 205 g/mol. The predicted molar refractivity (Wildman–Crippen MR) is 40.5 cm³/mol. The molecule has 2 saturated heterocycles. The van der Waals surface area contributed by atoms with Crippen molar-refractivity contribution in [3.05, 3.63) is 0 Å². The Labute approximate surface area is 78.8 Å². The van der Waals surface area contributed by atoms with Crippen LogP contribution in [0.25, 0.3) is 0 Å². The lowest BCUT2D eigenvalue weighted by atomic mass is 10.00. The summed E-state index contributed by atoms with van der Waals surface area (Å²) in [4.78, 5) is 23.5. The second-order valence-corrected chi connectivity index (χ2v) is 3.56. The molecule has 0 N–H and O–H groups in total. The topological polar surface area (TPSA) is 46.6 Å². The van der Waals surface area contributed by atoms with E-state index in [9.17, 15) is 18.4 Å². The number of halogens is 2. The van der Waals surface area contributed by atoms with Crippen molar-refractivity contribution in [2.24, 2.45) is 11.8 Å². The second-order valence-electron chi connectivity index (χ2n) is 3.56. The fraction of sp³-hybridized carbons (Fsp3) is 0.750. The first-order chi connectivity index (χ1) is 6.58. The Balaban J connectivity index is 2.00. The summed E-state index contributed by atoms with van der Waals surface area (Å²) in [7, 11) is 0. The molecule has 0 saturated carbocycles. The van der Waals surface area contributed by atoms with Gasteiger partial charge in [0, 0.05) is 13.1 Å². The summed E-state index contributed by atoms with van der Waals surface area (Å²) in [5.74, 6) is -2.20. The van der Waals surface area contributed by atoms with Crippen LogP contribution in [0.15, 0.2) is 0 Å². The lowest BCUT2D eigenvalue weighted by molar-refractivity contribution is -0.154. The fourth-order valence-electron chi connectivity index (χ4n) is 1.96. The van der Waals surface area contributed by atoms with E-state index in [1.165, 1.54) is 4.90 Å². The van der Waals surface area contributed by atoms with Gasteiger partial charge < -0.3 is 4.74 Å². The number of likely N-dealkylation sites (tertiary alicyclic amines) is 1. The number of rotatable bonds is 2. The summed E-state index contributed by atoms with van der Waals surface area (Å²) in [6.07, 6.45) is -2.43. The van der Waals surface area contributed by atoms with Gasteiger partial charge in [-0.15, -0.1) is 0 Å². The summed E-state index contributed by atoms with van der Waals surface area (Å²) in [6, 6.07) is 0. The zero-order chi connectivity index (χ0) is 10.3. The Bertz CT molecular complexity index is 260. The quantitative estimate of drug-likeness (QED) is 0.466. The molecule has 2 heterocycles.